The monoisotopic (exact) mass is 168 g/mol. The zero-order valence-corrected chi connectivity index (χ0v) is 6.87. The highest BCUT2D eigenvalue weighted by Crippen LogP contribution is 2.11. The predicted molar refractivity (Wildman–Crippen MR) is 45.7 cm³/mol. The van der Waals surface area contributed by atoms with Crippen molar-refractivity contribution in [2.45, 2.75) is 12.5 Å². The molecule has 0 aliphatic heterocycles. The molecule has 1 aromatic rings. The van der Waals surface area contributed by atoms with E-state index < -0.39 is 5.54 Å². The Hall–Kier alpha value is -1.13. The molecule has 0 aromatic carbocycles. The summed E-state index contributed by atoms with van der Waals surface area (Å²) in [6, 6.07) is 4.68. The van der Waals surface area contributed by atoms with Crippen molar-refractivity contribution in [2.75, 3.05) is 6.61 Å². The van der Waals surface area contributed by atoms with Gasteiger partial charge in [0, 0.05) is 11.8 Å². The number of aliphatic hydroxyl groups is 1. The van der Waals surface area contributed by atoms with Gasteiger partial charge in [-0.15, -0.1) is 0 Å². The standard InChI is InChI=1S/C8H12N2O2/c1-8(9,5-11)6-3-2-4-7(12)10-6/h2-4,11H,5,9H2,1H3,(H,10,12). The molecule has 0 fully saturated rings. The molecule has 1 heterocycles. The molecular weight excluding hydrogens is 156 g/mol. The van der Waals surface area contributed by atoms with Crippen LogP contribution in [0.25, 0.3) is 0 Å². The van der Waals surface area contributed by atoms with Crippen molar-refractivity contribution < 1.29 is 5.11 Å². The third kappa shape index (κ3) is 1.72. The number of hydrogen-bond acceptors (Lipinski definition) is 3. The molecule has 1 rings (SSSR count). The number of aromatic nitrogens is 1. The van der Waals surface area contributed by atoms with Gasteiger partial charge < -0.3 is 15.8 Å². The minimum absolute atomic E-state index is 0.201. The average molecular weight is 168 g/mol. The van der Waals surface area contributed by atoms with Gasteiger partial charge in [0.25, 0.3) is 0 Å². The number of pyridine rings is 1. The molecule has 1 unspecified atom stereocenters. The van der Waals surface area contributed by atoms with Crippen molar-refractivity contribution in [2.24, 2.45) is 5.73 Å². The summed E-state index contributed by atoms with van der Waals surface area (Å²) >= 11 is 0. The first kappa shape index (κ1) is 8.96. The van der Waals surface area contributed by atoms with Crippen LogP contribution in [0.2, 0.25) is 0 Å². The van der Waals surface area contributed by atoms with E-state index in [0.29, 0.717) is 5.69 Å². The average Bonchev–Trinajstić information content (AvgIpc) is 2.05. The number of H-pyrrole nitrogens is 1. The lowest BCUT2D eigenvalue weighted by Gasteiger charge is -2.20. The largest absolute Gasteiger partial charge is 0.394 e. The third-order valence-corrected chi connectivity index (χ3v) is 1.71. The van der Waals surface area contributed by atoms with Crippen molar-refractivity contribution >= 4 is 0 Å². The van der Waals surface area contributed by atoms with Crippen LogP contribution in [0.15, 0.2) is 23.0 Å². The van der Waals surface area contributed by atoms with E-state index in [-0.39, 0.29) is 12.2 Å². The van der Waals surface area contributed by atoms with E-state index in [2.05, 4.69) is 4.98 Å². The van der Waals surface area contributed by atoms with Crippen LogP contribution in [0, 0.1) is 0 Å². The van der Waals surface area contributed by atoms with Gasteiger partial charge in [-0.1, -0.05) is 6.07 Å². The molecular formula is C8H12N2O2. The van der Waals surface area contributed by atoms with Gasteiger partial charge in [0.05, 0.1) is 12.1 Å². The molecule has 1 aromatic heterocycles. The molecule has 4 N–H and O–H groups in total. The van der Waals surface area contributed by atoms with Crippen molar-refractivity contribution in [3.8, 4) is 0 Å². The highest BCUT2D eigenvalue weighted by molar-refractivity contribution is 5.13. The number of nitrogens with one attached hydrogen (secondary N) is 1. The van der Waals surface area contributed by atoms with Crippen LogP contribution in [-0.4, -0.2) is 16.7 Å². The summed E-state index contributed by atoms with van der Waals surface area (Å²) in [7, 11) is 0. The number of aliphatic hydroxyl groups excluding tert-OH is 1. The Morgan fingerprint density at radius 3 is 2.83 bits per heavy atom. The molecule has 0 spiro atoms. The van der Waals surface area contributed by atoms with Crippen LogP contribution in [0.5, 0.6) is 0 Å². The van der Waals surface area contributed by atoms with E-state index in [0.717, 1.165) is 0 Å². The molecule has 12 heavy (non-hydrogen) atoms. The molecule has 1 atom stereocenters. The second kappa shape index (κ2) is 3.08. The molecule has 0 saturated heterocycles. The Kier molecular flexibility index (Phi) is 2.30. The molecule has 4 heteroatoms. The van der Waals surface area contributed by atoms with Crippen LogP contribution >= 0.6 is 0 Å². The van der Waals surface area contributed by atoms with Crippen molar-refractivity contribution in [1.82, 2.24) is 4.98 Å². The van der Waals surface area contributed by atoms with E-state index in [1.807, 2.05) is 0 Å². The van der Waals surface area contributed by atoms with Gasteiger partial charge >= 0.3 is 0 Å². The molecule has 4 nitrogen and oxygen atoms in total. The third-order valence-electron chi connectivity index (χ3n) is 1.71. The van der Waals surface area contributed by atoms with Crippen molar-refractivity contribution in [3.05, 3.63) is 34.2 Å². The maximum atomic E-state index is 10.9. The van der Waals surface area contributed by atoms with Gasteiger partial charge in [0.1, 0.15) is 0 Å². The maximum absolute atomic E-state index is 10.9. The molecule has 66 valence electrons. The highest BCUT2D eigenvalue weighted by Gasteiger charge is 2.20. The Labute approximate surface area is 70.0 Å². The Morgan fingerprint density at radius 1 is 1.67 bits per heavy atom. The summed E-state index contributed by atoms with van der Waals surface area (Å²) < 4.78 is 0. The summed E-state index contributed by atoms with van der Waals surface area (Å²) in [6.45, 7) is 1.45. The zero-order chi connectivity index (χ0) is 9.19. The lowest BCUT2D eigenvalue weighted by molar-refractivity contribution is 0.206. The van der Waals surface area contributed by atoms with Gasteiger partial charge in [0.2, 0.25) is 5.56 Å². The molecule has 0 amide bonds. The smallest absolute Gasteiger partial charge is 0.248 e. The second-order valence-electron chi connectivity index (χ2n) is 3.00. The van der Waals surface area contributed by atoms with Gasteiger partial charge in [-0.3, -0.25) is 4.79 Å². The van der Waals surface area contributed by atoms with Crippen LogP contribution in [0.3, 0.4) is 0 Å². The first-order valence-electron chi connectivity index (χ1n) is 3.66. The quantitative estimate of drug-likeness (QED) is 0.559. The van der Waals surface area contributed by atoms with Crippen molar-refractivity contribution in [3.63, 3.8) is 0 Å². The molecule has 0 aliphatic rings. The van der Waals surface area contributed by atoms with Crippen LogP contribution in [0.4, 0.5) is 0 Å². The minimum atomic E-state index is -0.875. The Balaban J connectivity index is 3.11. The van der Waals surface area contributed by atoms with E-state index in [1.54, 1.807) is 19.1 Å². The number of rotatable bonds is 2. The topological polar surface area (TPSA) is 79.1 Å². The summed E-state index contributed by atoms with van der Waals surface area (Å²) in [5.74, 6) is 0. The fraction of sp³-hybridized carbons (Fsp3) is 0.375. The van der Waals surface area contributed by atoms with Crippen molar-refractivity contribution in [1.29, 1.82) is 0 Å². The molecule has 0 bridgehead atoms. The predicted octanol–water partition coefficient (Wildman–Crippen LogP) is -0.459. The Bertz CT molecular complexity index is 317. The summed E-state index contributed by atoms with van der Waals surface area (Å²) in [4.78, 5) is 13.4. The van der Waals surface area contributed by atoms with E-state index >= 15 is 0 Å². The zero-order valence-electron chi connectivity index (χ0n) is 6.87. The van der Waals surface area contributed by atoms with Crippen LogP contribution in [0.1, 0.15) is 12.6 Å². The van der Waals surface area contributed by atoms with Gasteiger partial charge in [-0.25, -0.2) is 0 Å². The van der Waals surface area contributed by atoms with Crippen LogP contribution < -0.4 is 11.3 Å². The molecule has 0 aliphatic carbocycles. The molecule has 0 saturated carbocycles. The van der Waals surface area contributed by atoms with E-state index in [1.165, 1.54) is 6.07 Å². The first-order valence-corrected chi connectivity index (χ1v) is 3.66. The number of nitrogens with two attached hydrogens (primary N) is 1. The van der Waals surface area contributed by atoms with Crippen LogP contribution in [-0.2, 0) is 5.54 Å². The summed E-state index contributed by atoms with van der Waals surface area (Å²) in [6.07, 6.45) is 0. The SMILES string of the molecule is CC(N)(CO)c1cccc(=O)[nH]1. The number of hydrogen-bond donors (Lipinski definition) is 3. The summed E-state index contributed by atoms with van der Waals surface area (Å²) in [5, 5.41) is 8.89. The first-order chi connectivity index (χ1) is 5.56. The minimum Gasteiger partial charge on any atom is -0.394 e. The fourth-order valence-corrected chi connectivity index (χ4v) is 0.866. The van der Waals surface area contributed by atoms with E-state index in [9.17, 15) is 4.79 Å². The highest BCUT2D eigenvalue weighted by atomic mass is 16.3. The Morgan fingerprint density at radius 2 is 2.33 bits per heavy atom. The van der Waals surface area contributed by atoms with Gasteiger partial charge in [0.15, 0.2) is 0 Å². The number of aromatic amines is 1. The normalized spacial score (nSPS) is 15.6. The lowest BCUT2D eigenvalue weighted by atomic mass is 10.0. The maximum Gasteiger partial charge on any atom is 0.248 e. The lowest BCUT2D eigenvalue weighted by Crippen LogP contribution is -2.38. The van der Waals surface area contributed by atoms with Gasteiger partial charge in [-0.2, -0.15) is 0 Å². The summed E-state index contributed by atoms with van der Waals surface area (Å²) in [5.41, 5.74) is 5.14. The van der Waals surface area contributed by atoms with Gasteiger partial charge in [-0.05, 0) is 13.0 Å². The fourth-order valence-electron chi connectivity index (χ4n) is 0.866. The molecule has 0 radical (unpaired) electrons. The second-order valence-corrected chi connectivity index (χ2v) is 3.00. The van der Waals surface area contributed by atoms with E-state index in [4.69, 9.17) is 10.8 Å².